The number of carbonyl (C=O) groups is 1. The van der Waals surface area contributed by atoms with Gasteiger partial charge >= 0.3 is 6.18 Å². The first-order valence-electron chi connectivity index (χ1n) is 4.66. The highest BCUT2D eigenvalue weighted by atomic mass is 19.4. The Morgan fingerprint density at radius 2 is 1.88 bits per heavy atom. The quantitative estimate of drug-likeness (QED) is 0.779. The van der Waals surface area contributed by atoms with E-state index in [9.17, 15) is 18.0 Å². The second kappa shape index (κ2) is 3.73. The molecule has 0 saturated carbocycles. The van der Waals surface area contributed by atoms with Gasteiger partial charge in [-0.2, -0.15) is 13.2 Å². The Bertz CT molecular complexity index is 593. The summed E-state index contributed by atoms with van der Waals surface area (Å²) in [6, 6.07) is 7.01. The van der Waals surface area contributed by atoms with Crippen LogP contribution in [0, 0.1) is 0 Å². The zero-order valence-electron chi connectivity index (χ0n) is 8.45. The summed E-state index contributed by atoms with van der Waals surface area (Å²) in [5, 5.41) is 0.439. The molecular weight excluding hydrogens is 233 g/mol. The summed E-state index contributed by atoms with van der Waals surface area (Å²) >= 11 is 0. The van der Waals surface area contributed by atoms with Crippen LogP contribution in [0.3, 0.4) is 0 Å². The number of benzene rings is 1. The summed E-state index contributed by atoms with van der Waals surface area (Å²) in [7, 11) is 0. The number of rotatable bonds is 1. The number of alkyl halides is 3. The number of anilines is 1. The van der Waals surface area contributed by atoms with Gasteiger partial charge in [0, 0.05) is 5.39 Å². The highest BCUT2D eigenvalue weighted by Gasteiger charge is 2.40. The normalized spacial score (nSPS) is 11.7. The molecule has 1 heterocycles. The number of fused-ring (bicyclic) bond motifs is 1. The highest BCUT2D eigenvalue weighted by Crippen LogP contribution is 2.26. The first-order chi connectivity index (χ1) is 7.89. The van der Waals surface area contributed by atoms with Gasteiger partial charge in [-0.15, -0.1) is 0 Å². The monoisotopic (exact) mass is 240 g/mol. The van der Waals surface area contributed by atoms with E-state index in [0.717, 1.165) is 6.07 Å². The molecule has 2 N–H and O–H groups in total. The fourth-order valence-corrected chi connectivity index (χ4v) is 1.50. The molecule has 17 heavy (non-hydrogen) atoms. The van der Waals surface area contributed by atoms with Crippen LogP contribution < -0.4 is 5.73 Å². The lowest BCUT2D eigenvalue weighted by atomic mass is 10.1. The molecule has 0 amide bonds. The van der Waals surface area contributed by atoms with Gasteiger partial charge in [0.1, 0.15) is 5.82 Å². The number of ketones is 1. The molecule has 0 aliphatic carbocycles. The zero-order valence-corrected chi connectivity index (χ0v) is 8.45. The predicted molar refractivity (Wildman–Crippen MR) is 56.5 cm³/mol. The summed E-state index contributed by atoms with van der Waals surface area (Å²) in [6.07, 6.45) is -4.92. The molecule has 3 nitrogen and oxygen atoms in total. The van der Waals surface area contributed by atoms with Crippen molar-refractivity contribution >= 4 is 22.5 Å². The number of Topliss-reactive ketones (excluding diaryl/α,β-unsaturated/α-hetero) is 1. The van der Waals surface area contributed by atoms with E-state index in [2.05, 4.69) is 4.98 Å². The topological polar surface area (TPSA) is 56.0 Å². The predicted octanol–water partition coefficient (Wildman–Crippen LogP) is 2.56. The molecule has 88 valence electrons. The van der Waals surface area contributed by atoms with Crippen LogP contribution in [-0.4, -0.2) is 16.9 Å². The van der Waals surface area contributed by atoms with Crippen LogP contribution in [0.2, 0.25) is 0 Å². The summed E-state index contributed by atoms with van der Waals surface area (Å²) in [5.41, 5.74) is 4.88. The minimum Gasteiger partial charge on any atom is -0.384 e. The number of hydrogen-bond donors (Lipinski definition) is 1. The molecular formula is C11H7F3N2O. The standard InChI is InChI=1S/C11H7F3N2O/c12-11(13,14)10(17)7-3-1-2-6-4-5-8(15)16-9(6)7/h1-5H,(H2,15,16). The van der Waals surface area contributed by atoms with Crippen molar-refractivity contribution in [3.8, 4) is 0 Å². The van der Waals surface area contributed by atoms with Crippen LogP contribution in [0.5, 0.6) is 0 Å². The van der Waals surface area contributed by atoms with Crippen LogP contribution in [0.4, 0.5) is 19.0 Å². The summed E-state index contributed by atoms with van der Waals surface area (Å²) < 4.78 is 37.1. The molecule has 0 aliphatic rings. The lowest BCUT2D eigenvalue weighted by Gasteiger charge is -2.07. The minimum absolute atomic E-state index is 0.0326. The molecule has 2 aromatic rings. The average molecular weight is 240 g/mol. The SMILES string of the molecule is Nc1ccc2cccc(C(=O)C(F)(F)F)c2n1. The Labute approximate surface area is 94.1 Å². The number of nitrogens with zero attached hydrogens (tertiary/aromatic N) is 1. The van der Waals surface area contributed by atoms with Crippen molar-refractivity contribution < 1.29 is 18.0 Å². The molecule has 0 saturated heterocycles. The van der Waals surface area contributed by atoms with E-state index in [1.54, 1.807) is 6.07 Å². The summed E-state index contributed by atoms with van der Waals surface area (Å²) in [6.45, 7) is 0. The second-order valence-electron chi connectivity index (χ2n) is 3.44. The van der Waals surface area contributed by atoms with Crippen LogP contribution in [-0.2, 0) is 0 Å². The molecule has 0 aliphatic heterocycles. The van der Waals surface area contributed by atoms with Crippen LogP contribution in [0.1, 0.15) is 10.4 Å². The number of halogens is 3. The van der Waals surface area contributed by atoms with Gasteiger partial charge in [-0.1, -0.05) is 12.1 Å². The Morgan fingerprint density at radius 1 is 1.18 bits per heavy atom. The first kappa shape index (κ1) is 11.4. The fourth-order valence-electron chi connectivity index (χ4n) is 1.50. The fraction of sp³-hybridized carbons (Fsp3) is 0.0909. The summed E-state index contributed by atoms with van der Waals surface area (Å²) in [5.74, 6) is -1.85. The van der Waals surface area contributed by atoms with Crippen molar-refractivity contribution in [2.45, 2.75) is 6.18 Å². The van der Waals surface area contributed by atoms with Crippen molar-refractivity contribution in [1.29, 1.82) is 0 Å². The van der Waals surface area contributed by atoms with E-state index >= 15 is 0 Å². The average Bonchev–Trinajstić information content (AvgIpc) is 2.26. The van der Waals surface area contributed by atoms with Crippen molar-refractivity contribution in [3.05, 3.63) is 35.9 Å². The van der Waals surface area contributed by atoms with Crippen molar-refractivity contribution in [3.63, 3.8) is 0 Å². The number of pyridine rings is 1. The third kappa shape index (κ3) is 2.06. The molecule has 0 radical (unpaired) electrons. The van der Waals surface area contributed by atoms with Crippen LogP contribution in [0.25, 0.3) is 10.9 Å². The number of carbonyl (C=O) groups excluding carboxylic acids is 1. The molecule has 2 rings (SSSR count). The van der Waals surface area contributed by atoms with Crippen LogP contribution >= 0.6 is 0 Å². The van der Waals surface area contributed by atoms with Gasteiger partial charge in [0.2, 0.25) is 0 Å². The molecule has 0 fully saturated rings. The molecule has 0 bridgehead atoms. The van der Waals surface area contributed by atoms with E-state index in [4.69, 9.17) is 5.73 Å². The third-order valence-electron chi connectivity index (χ3n) is 2.24. The molecule has 6 heteroatoms. The molecule has 0 unspecified atom stereocenters. The Balaban J connectivity index is 2.70. The molecule has 0 atom stereocenters. The number of aromatic nitrogens is 1. The number of hydrogen-bond acceptors (Lipinski definition) is 3. The lowest BCUT2D eigenvalue weighted by Crippen LogP contribution is -2.23. The maximum absolute atomic E-state index is 12.4. The maximum atomic E-state index is 12.4. The van der Waals surface area contributed by atoms with E-state index in [1.807, 2.05) is 0 Å². The minimum atomic E-state index is -4.92. The Kier molecular flexibility index (Phi) is 2.49. The largest absolute Gasteiger partial charge is 0.454 e. The smallest absolute Gasteiger partial charge is 0.384 e. The van der Waals surface area contributed by atoms with Crippen molar-refractivity contribution in [2.75, 3.05) is 5.73 Å². The van der Waals surface area contributed by atoms with E-state index in [1.165, 1.54) is 18.2 Å². The number of para-hydroxylation sites is 1. The lowest BCUT2D eigenvalue weighted by molar-refractivity contribution is -0.0884. The van der Waals surface area contributed by atoms with Gasteiger partial charge in [0.05, 0.1) is 11.1 Å². The van der Waals surface area contributed by atoms with Crippen molar-refractivity contribution in [1.82, 2.24) is 4.98 Å². The Morgan fingerprint density at radius 3 is 2.53 bits per heavy atom. The van der Waals surface area contributed by atoms with Gasteiger partial charge in [-0.05, 0) is 18.2 Å². The van der Waals surface area contributed by atoms with Gasteiger partial charge in [-0.3, -0.25) is 4.79 Å². The second-order valence-corrected chi connectivity index (χ2v) is 3.44. The van der Waals surface area contributed by atoms with E-state index in [-0.39, 0.29) is 11.3 Å². The first-order valence-corrected chi connectivity index (χ1v) is 4.66. The maximum Gasteiger partial charge on any atom is 0.454 e. The van der Waals surface area contributed by atoms with Gasteiger partial charge in [-0.25, -0.2) is 4.98 Å². The van der Waals surface area contributed by atoms with Gasteiger partial charge < -0.3 is 5.73 Å². The molecule has 1 aromatic heterocycles. The highest BCUT2D eigenvalue weighted by molar-refractivity contribution is 6.09. The van der Waals surface area contributed by atoms with Crippen molar-refractivity contribution in [2.24, 2.45) is 0 Å². The van der Waals surface area contributed by atoms with Gasteiger partial charge in [0.25, 0.3) is 5.78 Å². The van der Waals surface area contributed by atoms with Gasteiger partial charge in [0.15, 0.2) is 0 Å². The molecule has 1 aromatic carbocycles. The van der Waals surface area contributed by atoms with E-state index in [0.29, 0.717) is 5.39 Å². The number of nitrogen functional groups attached to an aromatic ring is 1. The molecule has 0 spiro atoms. The third-order valence-corrected chi connectivity index (χ3v) is 2.24. The van der Waals surface area contributed by atoms with Crippen LogP contribution in [0.15, 0.2) is 30.3 Å². The number of nitrogens with two attached hydrogens (primary N) is 1. The Hall–Kier alpha value is -2.11. The zero-order chi connectivity index (χ0) is 12.6. The van der Waals surface area contributed by atoms with E-state index < -0.39 is 17.5 Å². The summed E-state index contributed by atoms with van der Waals surface area (Å²) in [4.78, 5) is 15.0.